The molecule has 29 heavy (non-hydrogen) atoms. The molecule has 0 aliphatic heterocycles. The van der Waals surface area contributed by atoms with Crippen molar-refractivity contribution < 1.29 is 14.4 Å². The Labute approximate surface area is 176 Å². The Hall–Kier alpha value is -2.64. The van der Waals surface area contributed by atoms with Crippen LogP contribution in [0, 0.1) is 4.77 Å². The summed E-state index contributed by atoms with van der Waals surface area (Å²) in [6.07, 6.45) is 2.51. The number of aromatic nitrogens is 3. The first-order valence-electron chi connectivity index (χ1n) is 9.85. The quantitative estimate of drug-likeness (QED) is 0.579. The number of nitrogens with zero attached hydrogens (tertiary/aromatic N) is 3. The molecule has 1 unspecified atom stereocenters. The van der Waals surface area contributed by atoms with Crippen LogP contribution in [0.25, 0.3) is 11.4 Å². The topological polar surface area (TPSA) is 45.6 Å². The van der Waals surface area contributed by atoms with Gasteiger partial charge in [-0.05, 0) is 48.6 Å². The van der Waals surface area contributed by atoms with Gasteiger partial charge in [-0.2, -0.15) is 4.68 Å². The zero-order chi connectivity index (χ0) is 20.4. The second-order valence-electron chi connectivity index (χ2n) is 7.48. The third kappa shape index (κ3) is 4.21. The van der Waals surface area contributed by atoms with Crippen molar-refractivity contribution >= 4 is 12.2 Å². The van der Waals surface area contributed by atoms with Gasteiger partial charge in [-0.1, -0.05) is 12.1 Å². The van der Waals surface area contributed by atoms with E-state index < -0.39 is 0 Å². The van der Waals surface area contributed by atoms with E-state index in [9.17, 15) is 0 Å². The van der Waals surface area contributed by atoms with Crippen LogP contribution in [0.1, 0.15) is 18.4 Å². The fourth-order valence-corrected chi connectivity index (χ4v) is 3.87. The number of hydrogen-bond acceptors (Lipinski definition) is 4. The van der Waals surface area contributed by atoms with Gasteiger partial charge in [-0.15, -0.1) is 5.10 Å². The van der Waals surface area contributed by atoms with E-state index in [1.54, 1.807) is 14.2 Å². The van der Waals surface area contributed by atoms with E-state index in [1.165, 1.54) is 23.3 Å². The highest BCUT2D eigenvalue weighted by molar-refractivity contribution is 7.71. The number of para-hydroxylation sites is 1. The summed E-state index contributed by atoms with van der Waals surface area (Å²) in [5, 5.41) is 4.86. The number of quaternary nitrogens is 1. The van der Waals surface area contributed by atoms with Gasteiger partial charge in [0.15, 0.2) is 12.5 Å². The lowest BCUT2D eigenvalue weighted by Crippen LogP contribution is -3.11. The minimum Gasteiger partial charge on any atom is -0.497 e. The van der Waals surface area contributed by atoms with Gasteiger partial charge < -0.3 is 18.9 Å². The Morgan fingerprint density at radius 2 is 1.79 bits per heavy atom. The van der Waals surface area contributed by atoms with Crippen molar-refractivity contribution in [3.63, 3.8) is 0 Å². The van der Waals surface area contributed by atoms with Gasteiger partial charge in [-0.3, -0.25) is 0 Å². The molecular formula is C22H27N4O2S+. The van der Waals surface area contributed by atoms with Gasteiger partial charge in [0, 0.05) is 25.5 Å². The molecule has 1 aliphatic carbocycles. The summed E-state index contributed by atoms with van der Waals surface area (Å²) in [6, 6.07) is 16.9. The molecule has 1 aromatic heterocycles. The number of benzene rings is 2. The van der Waals surface area contributed by atoms with Gasteiger partial charge >= 0.3 is 0 Å². The highest BCUT2D eigenvalue weighted by Gasteiger charge is 2.34. The van der Waals surface area contributed by atoms with E-state index in [0.29, 0.717) is 6.04 Å². The van der Waals surface area contributed by atoms with E-state index in [0.717, 1.165) is 40.9 Å². The normalized spacial score (nSPS) is 14.6. The van der Waals surface area contributed by atoms with Crippen molar-refractivity contribution in [3.05, 3.63) is 58.9 Å². The van der Waals surface area contributed by atoms with E-state index in [-0.39, 0.29) is 0 Å². The smallest absolute Gasteiger partial charge is 0.202 e. The average molecular weight is 412 g/mol. The van der Waals surface area contributed by atoms with Crippen LogP contribution in [0.2, 0.25) is 0 Å². The molecule has 1 N–H and O–H groups in total. The Balaban J connectivity index is 1.59. The Kier molecular flexibility index (Phi) is 5.69. The summed E-state index contributed by atoms with van der Waals surface area (Å²) in [5.74, 6) is 2.51. The second kappa shape index (κ2) is 8.39. The maximum atomic E-state index is 5.71. The maximum absolute atomic E-state index is 5.71. The molecule has 3 aromatic rings. The maximum Gasteiger partial charge on any atom is 0.202 e. The Morgan fingerprint density at radius 1 is 1.07 bits per heavy atom. The van der Waals surface area contributed by atoms with Gasteiger partial charge in [0.1, 0.15) is 18.0 Å². The van der Waals surface area contributed by atoms with E-state index in [2.05, 4.69) is 12.1 Å². The van der Waals surface area contributed by atoms with Crippen molar-refractivity contribution in [2.24, 2.45) is 7.05 Å². The SMILES string of the molecule is COc1ccc(C[NH+](Cn2nc(-c3ccccc3OC)n(C)c2=S)C2CC2)cc1. The molecule has 1 fully saturated rings. The van der Waals surface area contributed by atoms with Crippen LogP contribution in [0.15, 0.2) is 48.5 Å². The Morgan fingerprint density at radius 3 is 2.45 bits per heavy atom. The summed E-state index contributed by atoms with van der Waals surface area (Å²) in [5.41, 5.74) is 2.24. The highest BCUT2D eigenvalue weighted by Crippen LogP contribution is 2.28. The van der Waals surface area contributed by atoms with Crippen molar-refractivity contribution in [2.75, 3.05) is 14.2 Å². The van der Waals surface area contributed by atoms with Crippen LogP contribution < -0.4 is 14.4 Å². The number of hydrogen-bond donors (Lipinski definition) is 1. The van der Waals surface area contributed by atoms with Crippen LogP contribution in [0.5, 0.6) is 11.5 Å². The third-order valence-corrected chi connectivity index (χ3v) is 5.97. The van der Waals surface area contributed by atoms with Gasteiger partial charge in [0.2, 0.25) is 4.77 Å². The lowest BCUT2D eigenvalue weighted by Gasteiger charge is -2.19. The van der Waals surface area contributed by atoms with E-state index in [4.69, 9.17) is 26.8 Å². The van der Waals surface area contributed by atoms with Crippen LogP contribution in [-0.2, 0) is 20.3 Å². The van der Waals surface area contributed by atoms with Crippen LogP contribution >= 0.6 is 12.2 Å². The molecule has 4 rings (SSSR count). The van der Waals surface area contributed by atoms with Crippen LogP contribution in [0.4, 0.5) is 0 Å². The first kappa shape index (κ1) is 19.7. The molecule has 152 valence electrons. The van der Waals surface area contributed by atoms with E-state index in [1.807, 2.05) is 52.7 Å². The van der Waals surface area contributed by atoms with Crippen molar-refractivity contribution in [1.29, 1.82) is 0 Å². The van der Waals surface area contributed by atoms with Gasteiger partial charge in [-0.25, -0.2) is 0 Å². The van der Waals surface area contributed by atoms with Gasteiger partial charge in [0.05, 0.1) is 25.8 Å². The first-order chi connectivity index (χ1) is 14.1. The average Bonchev–Trinajstić information content (AvgIpc) is 3.57. The fourth-order valence-electron chi connectivity index (χ4n) is 3.67. The molecular weight excluding hydrogens is 384 g/mol. The third-order valence-electron chi connectivity index (χ3n) is 5.49. The number of ether oxygens (including phenoxy) is 2. The molecule has 7 heteroatoms. The molecule has 0 radical (unpaired) electrons. The standard InChI is InChI=1S/C22H26N4O2S/c1-24-21(19-6-4-5-7-20(19)28-3)23-26(22(24)29)15-25(17-10-11-17)14-16-8-12-18(27-2)13-9-16/h4-9,12-13,17H,10-11,14-15H2,1-3H3/p+1. The highest BCUT2D eigenvalue weighted by atomic mass is 32.1. The number of nitrogens with one attached hydrogen (secondary N) is 1. The molecule has 2 aromatic carbocycles. The fraction of sp³-hybridized carbons (Fsp3) is 0.364. The van der Waals surface area contributed by atoms with Crippen molar-refractivity contribution in [1.82, 2.24) is 14.3 Å². The summed E-state index contributed by atoms with van der Waals surface area (Å²) >= 11 is 5.71. The summed E-state index contributed by atoms with van der Waals surface area (Å²) < 4.78 is 15.4. The predicted octanol–water partition coefficient (Wildman–Crippen LogP) is 2.84. The number of methoxy groups -OCH3 is 2. The summed E-state index contributed by atoms with van der Waals surface area (Å²) in [6.45, 7) is 1.69. The minimum absolute atomic E-state index is 0.663. The molecule has 0 amide bonds. The largest absolute Gasteiger partial charge is 0.497 e. The molecule has 6 nitrogen and oxygen atoms in total. The minimum atomic E-state index is 0.663. The summed E-state index contributed by atoms with van der Waals surface area (Å²) in [7, 11) is 5.34. The summed E-state index contributed by atoms with van der Waals surface area (Å²) in [4.78, 5) is 1.48. The Bertz CT molecular complexity index is 1040. The molecule has 0 bridgehead atoms. The monoisotopic (exact) mass is 411 g/mol. The van der Waals surface area contributed by atoms with Gasteiger partial charge in [0.25, 0.3) is 0 Å². The molecule has 1 atom stereocenters. The number of rotatable bonds is 8. The first-order valence-corrected chi connectivity index (χ1v) is 10.3. The van der Waals surface area contributed by atoms with E-state index >= 15 is 0 Å². The lowest BCUT2D eigenvalue weighted by molar-refractivity contribution is -0.947. The van der Waals surface area contributed by atoms with Crippen molar-refractivity contribution in [2.45, 2.75) is 32.1 Å². The lowest BCUT2D eigenvalue weighted by atomic mass is 10.2. The second-order valence-corrected chi connectivity index (χ2v) is 7.85. The van der Waals surface area contributed by atoms with Crippen LogP contribution in [0.3, 0.4) is 0 Å². The van der Waals surface area contributed by atoms with Crippen LogP contribution in [-0.4, -0.2) is 34.6 Å². The van der Waals surface area contributed by atoms with Crippen molar-refractivity contribution in [3.8, 4) is 22.9 Å². The zero-order valence-corrected chi connectivity index (χ0v) is 17.9. The molecule has 0 spiro atoms. The molecule has 1 saturated carbocycles. The molecule has 0 saturated heterocycles. The molecule has 1 heterocycles. The predicted molar refractivity (Wildman–Crippen MR) is 115 cm³/mol. The zero-order valence-electron chi connectivity index (χ0n) is 17.1. The molecule has 1 aliphatic rings.